The van der Waals surface area contributed by atoms with E-state index in [0.717, 1.165) is 26.2 Å². The molecule has 2 aromatic heterocycles. The van der Waals surface area contributed by atoms with Gasteiger partial charge in [-0.2, -0.15) is 4.98 Å². The molecule has 2 aromatic carbocycles. The van der Waals surface area contributed by atoms with Crippen molar-refractivity contribution in [2.24, 2.45) is 0 Å². The van der Waals surface area contributed by atoms with Gasteiger partial charge >= 0.3 is 0 Å². The second-order valence-corrected chi connectivity index (χ2v) is 14.9. The fraction of sp³-hybridized carbons (Fsp3) is 0.394. The Morgan fingerprint density at radius 2 is 1.80 bits per heavy atom. The highest BCUT2D eigenvalue weighted by atomic mass is 35.5. The number of ether oxygens (including phenoxy) is 2. The monoisotopic (exact) mass is 666 g/mol. The lowest BCUT2D eigenvalue weighted by Gasteiger charge is -2.29. The van der Waals surface area contributed by atoms with E-state index in [4.69, 9.17) is 26.1 Å². The maximum atomic E-state index is 15.1. The molecule has 46 heavy (non-hydrogen) atoms. The van der Waals surface area contributed by atoms with Gasteiger partial charge in [0.2, 0.25) is 5.95 Å². The Hall–Kier alpha value is -3.55. The smallest absolute Gasteiger partial charge is 0.260 e. The predicted molar refractivity (Wildman–Crippen MR) is 181 cm³/mol. The van der Waals surface area contributed by atoms with Gasteiger partial charge in [-0.15, -0.1) is 0 Å². The van der Waals surface area contributed by atoms with Crippen LogP contribution in [0.5, 0.6) is 0 Å². The third kappa shape index (κ3) is 6.00. The van der Waals surface area contributed by atoms with Crippen LogP contribution in [-0.2, 0) is 19.0 Å². The van der Waals surface area contributed by atoms with Crippen LogP contribution in [-0.4, -0.2) is 82.5 Å². The molecule has 242 valence electrons. The fourth-order valence-corrected chi connectivity index (χ4v) is 8.79. The highest BCUT2D eigenvalue weighted by Gasteiger charge is 2.27. The maximum absolute atomic E-state index is 15.1. The summed E-state index contributed by atoms with van der Waals surface area (Å²) in [6.45, 7) is 5.11. The number of fused-ring (bicyclic) bond motifs is 1. The lowest BCUT2D eigenvalue weighted by molar-refractivity contribution is 0.0991. The maximum Gasteiger partial charge on any atom is 0.260 e. The van der Waals surface area contributed by atoms with E-state index in [2.05, 4.69) is 21.5 Å². The Morgan fingerprint density at radius 1 is 1.02 bits per heavy atom. The second-order valence-electron chi connectivity index (χ2n) is 11.9. The first-order valence-electron chi connectivity index (χ1n) is 15.6. The molecule has 7 rings (SSSR count). The van der Waals surface area contributed by atoms with Gasteiger partial charge in [0.05, 0.1) is 18.3 Å². The average molecular weight is 667 g/mol. The van der Waals surface area contributed by atoms with Crippen molar-refractivity contribution in [2.45, 2.75) is 35.4 Å². The zero-order chi connectivity index (χ0) is 31.8. The van der Waals surface area contributed by atoms with Crippen molar-refractivity contribution in [1.29, 1.82) is 0 Å². The van der Waals surface area contributed by atoms with E-state index in [-0.39, 0.29) is 28.6 Å². The second kappa shape index (κ2) is 12.9. The van der Waals surface area contributed by atoms with Gasteiger partial charge in [0.1, 0.15) is 11.5 Å². The molecule has 2 atom stereocenters. The molecule has 13 heteroatoms. The summed E-state index contributed by atoms with van der Waals surface area (Å²) in [6, 6.07) is 11.7. The summed E-state index contributed by atoms with van der Waals surface area (Å²) in [7, 11) is -2.61. The minimum Gasteiger partial charge on any atom is -0.381 e. The van der Waals surface area contributed by atoms with Crippen molar-refractivity contribution in [2.75, 3.05) is 62.8 Å². The van der Waals surface area contributed by atoms with Crippen LogP contribution in [0.2, 0.25) is 5.02 Å². The minimum atomic E-state index is -2.61. The zero-order valence-electron chi connectivity index (χ0n) is 25.3. The standard InChI is InChI=1S/C33H36ClFN6O4S/c1-46(43,24-7-14-44-15-8-24)25-3-4-26(28(34)18-25)27-16-21-19-37-33(39-31(21)41(32(27)42)23-6-13-45-20-23)38-22-2-5-30(29(35)17-22)40-11-9-36-10-12-40/h2-5,16-19,23-24,36H,1,6-15,20H2,(H,37,38,39). The van der Waals surface area contributed by atoms with E-state index in [1.165, 1.54) is 6.07 Å². The predicted octanol–water partition coefficient (Wildman–Crippen LogP) is 4.62. The first-order valence-corrected chi connectivity index (χ1v) is 17.7. The topological polar surface area (TPSA) is 111 Å². The van der Waals surface area contributed by atoms with Gasteiger partial charge in [-0.3, -0.25) is 13.6 Å². The number of piperazine rings is 1. The lowest BCUT2D eigenvalue weighted by Crippen LogP contribution is -2.43. The molecule has 0 saturated carbocycles. The number of nitrogens with zero attached hydrogens (tertiary/aromatic N) is 4. The molecule has 10 nitrogen and oxygen atoms in total. The van der Waals surface area contributed by atoms with E-state index in [9.17, 15) is 9.00 Å². The van der Waals surface area contributed by atoms with Crippen molar-refractivity contribution in [3.63, 3.8) is 0 Å². The lowest BCUT2D eigenvalue weighted by atomic mass is 10.1. The highest BCUT2D eigenvalue weighted by Crippen LogP contribution is 2.34. The summed E-state index contributed by atoms with van der Waals surface area (Å²) in [6.07, 6.45) is 3.63. The quantitative estimate of drug-likeness (QED) is 0.273. The number of benzene rings is 2. The number of aromatic nitrogens is 3. The fourth-order valence-electron chi connectivity index (χ4n) is 6.49. The van der Waals surface area contributed by atoms with Gasteiger partial charge in [-0.05, 0) is 71.1 Å². The molecule has 0 radical (unpaired) electrons. The van der Waals surface area contributed by atoms with Crippen LogP contribution < -0.4 is 21.1 Å². The van der Waals surface area contributed by atoms with E-state index in [0.29, 0.717) is 89.1 Å². The Bertz CT molecular complexity index is 1940. The molecule has 3 fully saturated rings. The normalized spacial score (nSPS) is 20.6. The van der Waals surface area contributed by atoms with Crippen molar-refractivity contribution >= 4 is 55.3 Å². The number of halogens is 2. The van der Waals surface area contributed by atoms with E-state index in [1.54, 1.807) is 47.2 Å². The Morgan fingerprint density at radius 3 is 2.52 bits per heavy atom. The van der Waals surface area contributed by atoms with Crippen LogP contribution in [0, 0.1) is 5.82 Å². The van der Waals surface area contributed by atoms with E-state index in [1.807, 2.05) is 4.90 Å². The molecule has 2 unspecified atom stereocenters. The van der Waals surface area contributed by atoms with Crippen molar-refractivity contribution in [3.05, 3.63) is 69.9 Å². The molecule has 0 bridgehead atoms. The summed E-state index contributed by atoms with van der Waals surface area (Å²) >= 11 is 6.80. The summed E-state index contributed by atoms with van der Waals surface area (Å²) < 4.78 is 41.6. The van der Waals surface area contributed by atoms with Crippen molar-refractivity contribution < 1.29 is 18.1 Å². The van der Waals surface area contributed by atoms with Gasteiger partial charge in [-0.1, -0.05) is 17.7 Å². The molecule has 0 spiro atoms. The molecule has 0 aliphatic carbocycles. The first kappa shape index (κ1) is 31.1. The SMILES string of the molecule is C=S(=O)(c1ccc(-c2cc3cnc(Nc4ccc(N5CCNCC5)c(F)c4)nc3n(C3CCOC3)c2=O)c(Cl)c1)C1CCOCC1. The Balaban J connectivity index is 1.23. The minimum absolute atomic E-state index is 0.0926. The molecule has 3 aliphatic heterocycles. The number of pyridine rings is 1. The third-order valence-electron chi connectivity index (χ3n) is 9.04. The summed E-state index contributed by atoms with van der Waals surface area (Å²) in [5.74, 6) is 3.99. The summed E-state index contributed by atoms with van der Waals surface area (Å²) in [5, 5.41) is 7.24. The molecule has 3 aliphatic rings. The number of anilines is 3. The molecular formula is C33H36ClFN6O4S. The number of nitrogens with one attached hydrogen (secondary N) is 2. The molecule has 0 amide bonds. The van der Waals surface area contributed by atoms with Gasteiger partial charge in [0, 0.05) is 89.6 Å². The van der Waals surface area contributed by atoms with Crippen LogP contribution in [0.1, 0.15) is 25.3 Å². The van der Waals surface area contributed by atoms with Crippen LogP contribution in [0.15, 0.2) is 58.4 Å². The molecule has 3 saturated heterocycles. The summed E-state index contributed by atoms with van der Waals surface area (Å²) in [4.78, 5) is 26.0. The number of hydrogen-bond donors (Lipinski definition) is 2. The van der Waals surface area contributed by atoms with Gasteiger partial charge < -0.3 is 25.0 Å². The Kier molecular flexibility index (Phi) is 8.73. The highest BCUT2D eigenvalue weighted by molar-refractivity contribution is 8.00. The van der Waals surface area contributed by atoms with E-state index < -0.39 is 9.52 Å². The van der Waals surface area contributed by atoms with E-state index >= 15 is 4.39 Å². The molecular weight excluding hydrogens is 631 g/mol. The first-order chi connectivity index (χ1) is 22.3. The number of hydrogen-bond acceptors (Lipinski definition) is 9. The van der Waals surface area contributed by atoms with Crippen LogP contribution in [0.3, 0.4) is 0 Å². The van der Waals surface area contributed by atoms with Crippen molar-refractivity contribution in [3.8, 4) is 11.1 Å². The zero-order valence-corrected chi connectivity index (χ0v) is 26.9. The third-order valence-corrected chi connectivity index (χ3v) is 12.0. The largest absolute Gasteiger partial charge is 0.381 e. The molecule has 5 heterocycles. The van der Waals surface area contributed by atoms with Gasteiger partial charge in [0.25, 0.3) is 5.56 Å². The van der Waals surface area contributed by atoms with Gasteiger partial charge in [-0.25, -0.2) is 9.37 Å². The summed E-state index contributed by atoms with van der Waals surface area (Å²) in [5.41, 5.74) is 2.13. The molecule has 4 aromatic rings. The number of rotatable bonds is 7. The van der Waals surface area contributed by atoms with Crippen LogP contribution in [0.25, 0.3) is 22.2 Å². The van der Waals surface area contributed by atoms with Crippen LogP contribution in [0.4, 0.5) is 21.7 Å². The van der Waals surface area contributed by atoms with Crippen LogP contribution >= 0.6 is 11.6 Å². The van der Waals surface area contributed by atoms with Gasteiger partial charge in [0.15, 0.2) is 0 Å². The molecule has 2 N–H and O–H groups in total. The van der Waals surface area contributed by atoms with Crippen molar-refractivity contribution in [1.82, 2.24) is 19.9 Å². The Labute approximate surface area is 271 Å². The average Bonchev–Trinajstić information content (AvgIpc) is 3.60.